The maximum absolute atomic E-state index is 12.2. The molecule has 0 N–H and O–H groups in total. The molecule has 1 amide bonds. The van der Waals surface area contributed by atoms with Crippen LogP contribution in [0.1, 0.15) is 13.3 Å². The Morgan fingerprint density at radius 1 is 1.29 bits per heavy atom. The summed E-state index contributed by atoms with van der Waals surface area (Å²) in [7, 11) is 3.87. The minimum atomic E-state index is 0.288. The Morgan fingerprint density at radius 3 is 2.52 bits per heavy atom. The van der Waals surface area contributed by atoms with Crippen molar-refractivity contribution >= 4 is 17.7 Å². The Kier molecular flexibility index (Phi) is 3.69. The van der Waals surface area contributed by atoms with Crippen LogP contribution in [0.15, 0.2) is 12.3 Å². The number of piperazine rings is 1. The van der Waals surface area contributed by atoms with E-state index in [1.54, 1.807) is 6.20 Å². The van der Waals surface area contributed by atoms with Crippen LogP contribution in [-0.2, 0) is 4.79 Å². The van der Waals surface area contributed by atoms with Gasteiger partial charge in [-0.25, -0.2) is 4.98 Å². The number of aromatic nitrogens is 2. The third-order valence-corrected chi connectivity index (χ3v) is 4.37. The molecule has 1 saturated carbocycles. The highest BCUT2D eigenvalue weighted by Crippen LogP contribution is 2.39. The van der Waals surface area contributed by atoms with Crippen molar-refractivity contribution in [2.24, 2.45) is 11.8 Å². The average molecular weight is 289 g/mol. The molecule has 0 bridgehead atoms. The van der Waals surface area contributed by atoms with Crippen LogP contribution in [0.25, 0.3) is 0 Å². The molecule has 1 aliphatic carbocycles. The maximum Gasteiger partial charge on any atom is 0.226 e. The summed E-state index contributed by atoms with van der Waals surface area (Å²) in [6.45, 7) is 5.43. The smallest absolute Gasteiger partial charge is 0.226 e. The van der Waals surface area contributed by atoms with Crippen LogP contribution in [0.5, 0.6) is 0 Å². The third-order valence-electron chi connectivity index (χ3n) is 4.37. The van der Waals surface area contributed by atoms with E-state index in [4.69, 9.17) is 0 Å². The fraction of sp³-hybridized carbons (Fsp3) is 0.667. The van der Waals surface area contributed by atoms with E-state index in [1.807, 2.05) is 30.0 Å². The van der Waals surface area contributed by atoms with Crippen LogP contribution < -0.4 is 9.80 Å². The van der Waals surface area contributed by atoms with Gasteiger partial charge < -0.3 is 14.7 Å². The van der Waals surface area contributed by atoms with Gasteiger partial charge in [0.25, 0.3) is 0 Å². The van der Waals surface area contributed by atoms with Crippen molar-refractivity contribution in [2.75, 3.05) is 50.1 Å². The van der Waals surface area contributed by atoms with E-state index >= 15 is 0 Å². The summed E-state index contributed by atoms with van der Waals surface area (Å²) in [5, 5.41) is 0. The van der Waals surface area contributed by atoms with Crippen molar-refractivity contribution in [3.8, 4) is 0 Å². The Bertz CT molecular complexity index is 525. The number of rotatable bonds is 3. The first-order valence-corrected chi connectivity index (χ1v) is 7.60. The molecular weight excluding hydrogens is 266 g/mol. The summed E-state index contributed by atoms with van der Waals surface area (Å²) in [4.78, 5) is 27.2. The summed E-state index contributed by atoms with van der Waals surface area (Å²) in [6, 6.07) is 1.94. The number of carbonyl (C=O) groups excluding carboxylic acids is 1. The summed E-state index contributed by atoms with van der Waals surface area (Å²) < 4.78 is 0. The molecule has 114 valence electrons. The lowest BCUT2D eigenvalue weighted by molar-refractivity contribution is -0.133. The van der Waals surface area contributed by atoms with Crippen molar-refractivity contribution in [3.05, 3.63) is 12.3 Å². The van der Waals surface area contributed by atoms with E-state index in [0.29, 0.717) is 11.8 Å². The van der Waals surface area contributed by atoms with Gasteiger partial charge in [0.1, 0.15) is 5.82 Å². The van der Waals surface area contributed by atoms with E-state index in [9.17, 15) is 4.79 Å². The van der Waals surface area contributed by atoms with Gasteiger partial charge in [-0.15, -0.1) is 0 Å². The molecule has 6 heteroatoms. The quantitative estimate of drug-likeness (QED) is 0.825. The number of hydrogen-bond acceptors (Lipinski definition) is 5. The van der Waals surface area contributed by atoms with Crippen LogP contribution in [0.2, 0.25) is 0 Å². The van der Waals surface area contributed by atoms with Gasteiger partial charge in [-0.2, -0.15) is 4.98 Å². The zero-order chi connectivity index (χ0) is 15.0. The minimum Gasteiger partial charge on any atom is -0.353 e. The third kappa shape index (κ3) is 2.94. The second-order valence-electron chi connectivity index (χ2n) is 6.24. The Morgan fingerprint density at radius 2 is 1.95 bits per heavy atom. The van der Waals surface area contributed by atoms with Crippen molar-refractivity contribution in [1.82, 2.24) is 14.9 Å². The van der Waals surface area contributed by atoms with Crippen LogP contribution in [0.3, 0.4) is 0 Å². The van der Waals surface area contributed by atoms with E-state index in [2.05, 4.69) is 21.8 Å². The van der Waals surface area contributed by atoms with Gasteiger partial charge >= 0.3 is 0 Å². The molecule has 0 radical (unpaired) electrons. The van der Waals surface area contributed by atoms with Gasteiger partial charge in [0.2, 0.25) is 11.9 Å². The lowest BCUT2D eigenvalue weighted by atomic mass is 10.2. The highest BCUT2D eigenvalue weighted by Gasteiger charge is 2.42. The molecule has 3 rings (SSSR count). The Hall–Kier alpha value is -1.85. The monoisotopic (exact) mass is 289 g/mol. The SMILES string of the molecule is CC1CC1C(=O)N1CCN(c2ccnc(N(C)C)n2)CC1. The maximum atomic E-state index is 12.2. The molecule has 6 nitrogen and oxygen atoms in total. The van der Waals surface area contributed by atoms with Crippen LogP contribution in [0.4, 0.5) is 11.8 Å². The van der Waals surface area contributed by atoms with E-state index < -0.39 is 0 Å². The topological polar surface area (TPSA) is 52.6 Å². The molecule has 2 aliphatic rings. The van der Waals surface area contributed by atoms with E-state index in [0.717, 1.165) is 44.4 Å². The molecule has 21 heavy (non-hydrogen) atoms. The summed E-state index contributed by atoms with van der Waals surface area (Å²) in [5.74, 6) is 2.88. The summed E-state index contributed by atoms with van der Waals surface area (Å²) in [6.07, 6.45) is 2.86. The second kappa shape index (κ2) is 5.50. The molecule has 1 aromatic rings. The number of carbonyl (C=O) groups is 1. The number of hydrogen-bond donors (Lipinski definition) is 0. The summed E-state index contributed by atoms with van der Waals surface area (Å²) in [5.41, 5.74) is 0. The zero-order valence-electron chi connectivity index (χ0n) is 13.0. The van der Waals surface area contributed by atoms with Crippen molar-refractivity contribution < 1.29 is 4.79 Å². The predicted molar refractivity (Wildman–Crippen MR) is 82.4 cm³/mol. The van der Waals surface area contributed by atoms with Crippen LogP contribution in [-0.4, -0.2) is 61.0 Å². The number of anilines is 2. The average Bonchev–Trinajstić information content (AvgIpc) is 3.24. The number of amides is 1. The summed E-state index contributed by atoms with van der Waals surface area (Å²) >= 11 is 0. The molecule has 2 unspecified atom stereocenters. The van der Waals surface area contributed by atoms with Crippen molar-refractivity contribution in [3.63, 3.8) is 0 Å². The van der Waals surface area contributed by atoms with Crippen molar-refractivity contribution in [2.45, 2.75) is 13.3 Å². The van der Waals surface area contributed by atoms with Gasteiger partial charge in [0.05, 0.1) is 0 Å². The van der Waals surface area contributed by atoms with Gasteiger partial charge in [0, 0.05) is 52.4 Å². The lowest BCUT2D eigenvalue weighted by Gasteiger charge is -2.35. The van der Waals surface area contributed by atoms with Gasteiger partial charge in [-0.3, -0.25) is 4.79 Å². The molecule has 2 heterocycles. The first-order chi connectivity index (χ1) is 10.1. The predicted octanol–water partition coefficient (Wildman–Crippen LogP) is 0.847. The standard InChI is InChI=1S/C15H23N5O/c1-11-10-12(11)14(21)20-8-6-19(7-9-20)13-4-5-16-15(17-13)18(2)3/h4-5,11-12H,6-10H2,1-3H3. The number of nitrogens with zero attached hydrogens (tertiary/aromatic N) is 5. The molecular formula is C15H23N5O. The lowest BCUT2D eigenvalue weighted by Crippen LogP contribution is -2.49. The normalized spacial score (nSPS) is 24.9. The fourth-order valence-electron chi connectivity index (χ4n) is 2.79. The first-order valence-electron chi connectivity index (χ1n) is 7.60. The van der Waals surface area contributed by atoms with Crippen LogP contribution >= 0.6 is 0 Å². The van der Waals surface area contributed by atoms with Crippen molar-refractivity contribution in [1.29, 1.82) is 0 Å². The highest BCUT2D eigenvalue weighted by atomic mass is 16.2. The van der Waals surface area contributed by atoms with Gasteiger partial charge in [-0.1, -0.05) is 6.92 Å². The minimum absolute atomic E-state index is 0.288. The molecule has 0 spiro atoms. The van der Waals surface area contributed by atoms with Crippen LogP contribution in [0, 0.1) is 11.8 Å². The van der Waals surface area contributed by atoms with E-state index in [1.165, 1.54) is 0 Å². The molecule has 0 aromatic carbocycles. The zero-order valence-corrected chi connectivity index (χ0v) is 13.0. The largest absolute Gasteiger partial charge is 0.353 e. The molecule has 2 fully saturated rings. The first kappa shape index (κ1) is 14.1. The van der Waals surface area contributed by atoms with Gasteiger partial charge in [-0.05, 0) is 18.4 Å². The molecule has 2 atom stereocenters. The van der Waals surface area contributed by atoms with E-state index in [-0.39, 0.29) is 5.92 Å². The Balaban J connectivity index is 1.60. The molecule has 1 aromatic heterocycles. The molecule has 1 saturated heterocycles. The fourth-order valence-corrected chi connectivity index (χ4v) is 2.79. The molecule has 1 aliphatic heterocycles. The highest BCUT2D eigenvalue weighted by molar-refractivity contribution is 5.81. The second-order valence-corrected chi connectivity index (χ2v) is 6.24. The van der Waals surface area contributed by atoms with Gasteiger partial charge in [0.15, 0.2) is 0 Å². The Labute approximate surface area is 125 Å².